The monoisotopic (exact) mass is 260 g/mol. The number of nitrogens with zero attached hydrogens (tertiary/aromatic N) is 2. The molecule has 0 aliphatic rings. The van der Waals surface area contributed by atoms with E-state index in [0.29, 0.717) is 23.1 Å². The SMILES string of the molecule is COc1cc(CO)ccc1Oc1nc(C)cnc1C. The zero-order valence-electron chi connectivity index (χ0n) is 11.2. The van der Waals surface area contributed by atoms with E-state index in [-0.39, 0.29) is 6.61 Å². The first-order chi connectivity index (χ1) is 9.13. The van der Waals surface area contributed by atoms with Gasteiger partial charge in [0.2, 0.25) is 5.88 Å². The van der Waals surface area contributed by atoms with Gasteiger partial charge in [-0.2, -0.15) is 0 Å². The predicted octanol–water partition coefficient (Wildman–Crippen LogP) is 2.39. The standard InChI is InChI=1S/C14H16N2O3/c1-9-7-15-10(2)14(16-9)19-12-5-4-11(8-17)6-13(12)18-3/h4-7,17H,8H2,1-3H3. The Morgan fingerprint density at radius 2 is 2.00 bits per heavy atom. The third kappa shape index (κ3) is 3.00. The van der Waals surface area contributed by atoms with Crippen molar-refractivity contribution in [1.82, 2.24) is 9.97 Å². The number of aryl methyl sites for hydroxylation is 2. The summed E-state index contributed by atoms with van der Waals surface area (Å²) in [6, 6.07) is 5.25. The van der Waals surface area contributed by atoms with Crippen molar-refractivity contribution in [3.05, 3.63) is 41.3 Å². The van der Waals surface area contributed by atoms with Gasteiger partial charge < -0.3 is 14.6 Å². The van der Waals surface area contributed by atoms with E-state index in [4.69, 9.17) is 14.6 Å². The van der Waals surface area contributed by atoms with Crippen molar-refractivity contribution in [2.45, 2.75) is 20.5 Å². The van der Waals surface area contributed by atoms with E-state index in [9.17, 15) is 0 Å². The minimum absolute atomic E-state index is 0.0417. The fourth-order valence-corrected chi connectivity index (χ4v) is 1.61. The van der Waals surface area contributed by atoms with Crippen molar-refractivity contribution in [2.75, 3.05) is 7.11 Å². The number of aromatic nitrogens is 2. The molecule has 2 aromatic rings. The van der Waals surface area contributed by atoms with Gasteiger partial charge in [0.1, 0.15) is 0 Å². The molecule has 0 aliphatic heterocycles. The van der Waals surface area contributed by atoms with E-state index in [0.717, 1.165) is 11.3 Å². The third-order valence-corrected chi connectivity index (χ3v) is 2.65. The third-order valence-electron chi connectivity index (χ3n) is 2.65. The molecule has 0 aliphatic carbocycles. The first kappa shape index (κ1) is 13.3. The maximum Gasteiger partial charge on any atom is 0.241 e. The number of ether oxygens (including phenoxy) is 2. The zero-order chi connectivity index (χ0) is 13.8. The molecule has 100 valence electrons. The molecule has 5 heteroatoms. The number of rotatable bonds is 4. The van der Waals surface area contributed by atoms with Gasteiger partial charge in [-0.05, 0) is 31.5 Å². The number of aliphatic hydroxyl groups is 1. The molecule has 0 amide bonds. The molecular weight excluding hydrogens is 244 g/mol. The molecule has 1 aromatic carbocycles. The summed E-state index contributed by atoms with van der Waals surface area (Å²) in [7, 11) is 1.55. The van der Waals surface area contributed by atoms with Crippen LogP contribution in [0.15, 0.2) is 24.4 Å². The molecule has 5 nitrogen and oxygen atoms in total. The first-order valence-corrected chi connectivity index (χ1v) is 5.90. The van der Waals surface area contributed by atoms with Gasteiger partial charge in [0.15, 0.2) is 11.5 Å². The van der Waals surface area contributed by atoms with Crippen molar-refractivity contribution in [3.8, 4) is 17.4 Å². The van der Waals surface area contributed by atoms with Crippen molar-refractivity contribution in [3.63, 3.8) is 0 Å². The van der Waals surface area contributed by atoms with Crippen molar-refractivity contribution >= 4 is 0 Å². The second-order valence-corrected chi connectivity index (χ2v) is 4.15. The Labute approximate surface area is 111 Å². The molecule has 0 saturated heterocycles. The maximum absolute atomic E-state index is 9.10. The Bertz CT molecular complexity index is 585. The average molecular weight is 260 g/mol. The quantitative estimate of drug-likeness (QED) is 0.914. The van der Waals surface area contributed by atoms with Crippen molar-refractivity contribution in [2.24, 2.45) is 0 Å². The van der Waals surface area contributed by atoms with Crippen LogP contribution in [-0.2, 0) is 6.61 Å². The fraction of sp³-hybridized carbons (Fsp3) is 0.286. The summed E-state index contributed by atoms with van der Waals surface area (Å²) in [5.41, 5.74) is 2.25. The van der Waals surface area contributed by atoms with Gasteiger partial charge in [0.25, 0.3) is 0 Å². The molecule has 1 aromatic heterocycles. The molecule has 0 spiro atoms. The van der Waals surface area contributed by atoms with Crippen LogP contribution in [0.2, 0.25) is 0 Å². The highest BCUT2D eigenvalue weighted by Crippen LogP contribution is 2.32. The van der Waals surface area contributed by atoms with E-state index < -0.39 is 0 Å². The zero-order valence-corrected chi connectivity index (χ0v) is 11.2. The van der Waals surface area contributed by atoms with Crippen LogP contribution in [0.4, 0.5) is 0 Å². The highest BCUT2D eigenvalue weighted by Gasteiger charge is 2.10. The molecule has 0 radical (unpaired) electrons. The van der Waals surface area contributed by atoms with E-state index >= 15 is 0 Å². The summed E-state index contributed by atoms with van der Waals surface area (Å²) in [5.74, 6) is 1.55. The summed E-state index contributed by atoms with van der Waals surface area (Å²) in [4.78, 5) is 8.49. The highest BCUT2D eigenvalue weighted by molar-refractivity contribution is 5.44. The van der Waals surface area contributed by atoms with Gasteiger partial charge in [0.05, 0.1) is 25.1 Å². The van der Waals surface area contributed by atoms with E-state index in [2.05, 4.69) is 9.97 Å². The van der Waals surface area contributed by atoms with Crippen LogP contribution in [0, 0.1) is 13.8 Å². The van der Waals surface area contributed by atoms with Gasteiger partial charge in [-0.25, -0.2) is 4.98 Å². The fourth-order valence-electron chi connectivity index (χ4n) is 1.61. The minimum Gasteiger partial charge on any atom is -0.493 e. The number of methoxy groups -OCH3 is 1. The lowest BCUT2D eigenvalue weighted by Crippen LogP contribution is -1.98. The molecule has 0 bridgehead atoms. The van der Waals surface area contributed by atoms with Crippen LogP contribution in [0.3, 0.4) is 0 Å². The van der Waals surface area contributed by atoms with Gasteiger partial charge in [-0.3, -0.25) is 4.98 Å². The van der Waals surface area contributed by atoms with E-state index in [1.165, 1.54) is 0 Å². The molecule has 0 atom stereocenters. The van der Waals surface area contributed by atoms with Crippen molar-refractivity contribution < 1.29 is 14.6 Å². The van der Waals surface area contributed by atoms with Gasteiger partial charge in [0, 0.05) is 6.20 Å². The topological polar surface area (TPSA) is 64.5 Å². The number of hydrogen-bond acceptors (Lipinski definition) is 5. The molecule has 2 rings (SSSR count). The summed E-state index contributed by atoms with van der Waals surface area (Å²) in [5, 5.41) is 9.10. The van der Waals surface area contributed by atoms with Gasteiger partial charge in [-0.15, -0.1) is 0 Å². The lowest BCUT2D eigenvalue weighted by Gasteiger charge is -2.12. The molecular formula is C14H16N2O3. The largest absolute Gasteiger partial charge is 0.493 e. The predicted molar refractivity (Wildman–Crippen MR) is 70.5 cm³/mol. The molecule has 1 heterocycles. The lowest BCUT2D eigenvalue weighted by molar-refractivity contribution is 0.280. The summed E-state index contributed by atoms with van der Waals surface area (Å²) < 4.78 is 11.0. The minimum atomic E-state index is -0.0417. The van der Waals surface area contributed by atoms with Crippen molar-refractivity contribution in [1.29, 1.82) is 0 Å². The number of hydrogen-bond donors (Lipinski definition) is 1. The second-order valence-electron chi connectivity index (χ2n) is 4.15. The smallest absolute Gasteiger partial charge is 0.241 e. The van der Waals surface area contributed by atoms with Crippen LogP contribution < -0.4 is 9.47 Å². The Kier molecular flexibility index (Phi) is 3.97. The normalized spacial score (nSPS) is 10.3. The second kappa shape index (κ2) is 5.67. The average Bonchev–Trinajstić information content (AvgIpc) is 2.43. The van der Waals surface area contributed by atoms with Gasteiger partial charge in [-0.1, -0.05) is 6.07 Å². The Balaban J connectivity index is 2.35. The van der Waals surface area contributed by atoms with Crippen LogP contribution >= 0.6 is 0 Å². The van der Waals surface area contributed by atoms with Gasteiger partial charge >= 0.3 is 0 Å². The summed E-state index contributed by atoms with van der Waals surface area (Å²) in [6.07, 6.45) is 1.69. The molecule has 19 heavy (non-hydrogen) atoms. The number of benzene rings is 1. The Morgan fingerprint density at radius 3 is 2.68 bits per heavy atom. The first-order valence-electron chi connectivity index (χ1n) is 5.90. The Morgan fingerprint density at radius 1 is 1.21 bits per heavy atom. The van der Waals surface area contributed by atoms with Crippen LogP contribution in [0.1, 0.15) is 17.0 Å². The molecule has 1 N–H and O–H groups in total. The lowest BCUT2D eigenvalue weighted by atomic mass is 10.2. The van der Waals surface area contributed by atoms with E-state index in [1.54, 1.807) is 31.5 Å². The maximum atomic E-state index is 9.10. The van der Waals surface area contributed by atoms with Crippen LogP contribution in [0.25, 0.3) is 0 Å². The molecule has 0 fully saturated rings. The Hall–Kier alpha value is -2.14. The number of aliphatic hydroxyl groups excluding tert-OH is 1. The van der Waals surface area contributed by atoms with Crippen LogP contribution in [-0.4, -0.2) is 22.2 Å². The van der Waals surface area contributed by atoms with Crippen LogP contribution in [0.5, 0.6) is 17.4 Å². The summed E-state index contributed by atoms with van der Waals surface area (Å²) >= 11 is 0. The summed E-state index contributed by atoms with van der Waals surface area (Å²) in [6.45, 7) is 3.64. The molecule has 0 unspecified atom stereocenters. The van der Waals surface area contributed by atoms with E-state index in [1.807, 2.05) is 13.8 Å². The molecule has 0 saturated carbocycles. The highest BCUT2D eigenvalue weighted by atomic mass is 16.5.